The van der Waals surface area contributed by atoms with Crippen molar-refractivity contribution in [3.8, 4) is 0 Å². The first-order chi connectivity index (χ1) is 9.35. The average Bonchev–Trinajstić information content (AvgIpc) is 3.09. The molecule has 1 aromatic rings. The highest BCUT2D eigenvalue weighted by Gasteiger charge is 2.28. The summed E-state index contributed by atoms with van der Waals surface area (Å²) >= 11 is 1.88. The predicted molar refractivity (Wildman–Crippen MR) is 86.9 cm³/mol. The average molecular weight is 317 g/mol. The second kappa shape index (κ2) is 7.71. The lowest BCUT2D eigenvalue weighted by atomic mass is 10.2. The molecule has 20 heavy (non-hydrogen) atoms. The van der Waals surface area contributed by atoms with Crippen molar-refractivity contribution in [3.05, 3.63) is 16.1 Å². The van der Waals surface area contributed by atoms with E-state index in [2.05, 4.69) is 33.2 Å². The van der Waals surface area contributed by atoms with Crippen LogP contribution in [-0.4, -0.2) is 60.1 Å². The van der Waals surface area contributed by atoms with Crippen LogP contribution < -0.4 is 5.32 Å². The van der Waals surface area contributed by atoms with Gasteiger partial charge in [0.05, 0.1) is 5.01 Å². The van der Waals surface area contributed by atoms with E-state index < -0.39 is 0 Å². The molecule has 0 aromatic carbocycles. The molecule has 1 aromatic heterocycles. The molecule has 2 aliphatic rings. The standard InChI is InChI=1S/C14H24N4S.ClH/c1-2-14-16-9-13(19-14)11-17-6-3-12(10-17)18-7-4-15-5-8-18;/h9,12,15H,2-8,10-11H2,1H3;1H. The van der Waals surface area contributed by atoms with Gasteiger partial charge in [0.1, 0.15) is 0 Å². The molecule has 0 saturated carbocycles. The summed E-state index contributed by atoms with van der Waals surface area (Å²) in [7, 11) is 0. The molecule has 1 unspecified atom stereocenters. The molecule has 0 bridgehead atoms. The lowest BCUT2D eigenvalue weighted by Crippen LogP contribution is -2.49. The van der Waals surface area contributed by atoms with Gasteiger partial charge in [0, 0.05) is 62.9 Å². The quantitative estimate of drug-likeness (QED) is 0.914. The van der Waals surface area contributed by atoms with Gasteiger partial charge in [-0.2, -0.15) is 0 Å². The van der Waals surface area contributed by atoms with Crippen LogP contribution in [-0.2, 0) is 13.0 Å². The van der Waals surface area contributed by atoms with Crippen molar-refractivity contribution in [3.63, 3.8) is 0 Å². The highest BCUT2D eigenvalue weighted by molar-refractivity contribution is 7.11. The predicted octanol–water partition coefficient (Wildman–Crippen LogP) is 1.61. The number of likely N-dealkylation sites (tertiary alicyclic amines) is 1. The minimum atomic E-state index is 0. The number of rotatable bonds is 4. The van der Waals surface area contributed by atoms with Crippen LogP contribution in [0.4, 0.5) is 0 Å². The number of hydrogen-bond acceptors (Lipinski definition) is 5. The molecule has 6 heteroatoms. The molecule has 1 atom stereocenters. The van der Waals surface area contributed by atoms with E-state index in [1.807, 2.05) is 11.3 Å². The van der Waals surface area contributed by atoms with Crippen LogP contribution in [0.25, 0.3) is 0 Å². The summed E-state index contributed by atoms with van der Waals surface area (Å²) in [5.41, 5.74) is 0. The van der Waals surface area contributed by atoms with E-state index in [9.17, 15) is 0 Å². The third kappa shape index (κ3) is 3.92. The summed E-state index contributed by atoms with van der Waals surface area (Å²) < 4.78 is 0. The first-order valence-corrected chi connectivity index (χ1v) is 8.27. The molecule has 1 N–H and O–H groups in total. The molecule has 3 heterocycles. The van der Waals surface area contributed by atoms with Crippen LogP contribution in [0, 0.1) is 0 Å². The number of hydrogen-bond donors (Lipinski definition) is 1. The Kier molecular flexibility index (Phi) is 6.23. The van der Waals surface area contributed by atoms with Crippen LogP contribution in [0.5, 0.6) is 0 Å². The Labute approximate surface area is 132 Å². The van der Waals surface area contributed by atoms with Gasteiger partial charge in [-0.3, -0.25) is 9.80 Å². The monoisotopic (exact) mass is 316 g/mol. The van der Waals surface area contributed by atoms with Crippen molar-refractivity contribution < 1.29 is 0 Å². The number of aromatic nitrogens is 1. The first kappa shape index (κ1) is 16.2. The molecular weight excluding hydrogens is 292 g/mol. The summed E-state index contributed by atoms with van der Waals surface area (Å²) in [5, 5.41) is 4.71. The van der Waals surface area contributed by atoms with Gasteiger partial charge < -0.3 is 5.32 Å². The Balaban J connectivity index is 0.00000147. The Morgan fingerprint density at radius 1 is 1.35 bits per heavy atom. The Bertz CT molecular complexity index is 406. The van der Waals surface area contributed by atoms with E-state index in [4.69, 9.17) is 0 Å². The van der Waals surface area contributed by atoms with Crippen LogP contribution in [0.1, 0.15) is 23.2 Å². The molecule has 114 valence electrons. The number of halogens is 1. The molecule has 2 aliphatic heterocycles. The third-order valence-corrected chi connectivity index (χ3v) is 5.33. The van der Waals surface area contributed by atoms with E-state index in [-0.39, 0.29) is 12.4 Å². The van der Waals surface area contributed by atoms with Crippen molar-refractivity contribution in [2.24, 2.45) is 0 Å². The second-order valence-corrected chi connectivity index (χ2v) is 6.74. The highest BCUT2D eigenvalue weighted by atomic mass is 35.5. The fraction of sp³-hybridized carbons (Fsp3) is 0.786. The van der Waals surface area contributed by atoms with Crippen molar-refractivity contribution in [1.29, 1.82) is 0 Å². The fourth-order valence-corrected chi connectivity index (χ4v) is 4.01. The van der Waals surface area contributed by atoms with Crippen LogP contribution in [0.3, 0.4) is 0 Å². The molecule has 0 amide bonds. The van der Waals surface area contributed by atoms with E-state index >= 15 is 0 Å². The SMILES string of the molecule is CCc1ncc(CN2CCC(N3CCNCC3)C2)s1.Cl. The number of thiazole rings is 1. The smallest absolute Gasteiger partial charge is 0.0925 e. The van der Waals surface area contributed by atoms with Gasteiger partial charge in [0.15, 0.2) is 0 Å². The maximum atomic E-state index is 4.46. The van der Waals surface area contributed by atoms with E-state index in [0.717, 1.165) is 32.1 Å². The number of nitrogens with one attached hydrogen (secondary N) is 1. The van der Waals surface area contributed by atoms with Crippen LogP contribution >= 0.6 is 23.7 Å². The molecule has 0 spiro atoms. The number of nitrogens with zero attached hydrogens (tertiary/aromatic N) is 3. The van der Waals surface area contributed by atoms with E-state index in [1.165, 1.54) is 42.5 Å². The Hall–Kier alpha value is -0.200. The van der Waals surface area contributed by atoms with Crippen LogP contribution in [0.15, 0.2) is 6.20 Å². The fourth-order valence-electron chi connectivity index (χ4n) is 3.11. The zero-order chi connectivity index (χ0) is 13.1. The molecule has 0 radical (unpaired) electrons. The summed E-state index contributed by atoms with van der Waals surface area (Å²) in [6, 6.07) is 0.778. The lowest BCUT2D eigenvalue weighted by Gasteiger charge is -2.32. The molecule has 3 rings (SSSR count). The van der Waals surface area contributed by atoms with Gasteiger partial charge in [-0.1, -0.05) is 6.92 Å². The van der Waals surface area contributed by atoms with Gasteiger partial charge in [-0.05, 0) is 12.8 Å². The zero-order valence-electron chi connectivity index (χ0n) is 12.2. The highest BCUT2D eigenvalue weighted by Crippen LogP contribution is 2.21. The summed E-state index contributed by atoms with van der Waals surface area (Å²) in [6.07, 6.45) is 4.47. The van der Waals surface area contributed by atoms with E-state index in [0.29, 0.717) is 0 Å². The summed E-state index contributed by atoms with van der Waals surface area (Å²) in [5.74, 6) is 0. The van der Waals surface area contributed by atoms with Gasteiger partial charge in [-0.15, -0.1) is 23.7 Å². The third-order valence-electron chi connectivity index (χ3n) is 4.20. The lowest BCUT2D eigenvalue weighted by molar-refractivity contribution is 0.170. The molecule has 0 aliphatic carbocycles. The molecule has 4 nitrogen and oxygen atoms in total. The van der Waals surface area contributed by atoms with Crippen molar-refractivity contribution in [1.82, 2.24) is 20.1 Å². The van der Waals surface area contributed by atoms with Crippen molar-refractivity contribution in [2.75, 3.05) is 39.3 Å². The van der Waals surface area contributed by atoms with E-state index in [1.54, 1.807) is 0 Å². The van der Waals surface area contributed by atoms with Crippen molar-refractivity contribution >= 4 is 23.7 Å². The normalized spacial score (nSPS) is 24.8. The van der Waals surface area contributed by atoms with Gasteiger partial charge in [-0.25, -0.2) is 4.98 Å². The largest absolute Gasteiger partial charge is 0.314 e. The molecule has 2 fully saturated rings. The Morgan fingerprint density at radius 2 is 2.15 bits per heavy atom. The minimum Gasteiger partial charge on any atom is -0.314 e. The van der Waals surface area contributed by atoms with Gasteiger partial charge in [0.25, 0.3) is 0 Å². The minimum absolute atomic E-state index is 0. The number of piperazine rings is 1. The van der Waals surface area contributed by atoms with Crippen molar-refractivity contribution in [2.45, 2.75) is 32.4 Å². The van der Waals surface area contributed by atoms with Gasteiger partial charge in [0.2, 0.25) is 0 Å². The topological polar surface area (TPSA) is 31.4 Å². The first-order valence-electron chi connectivity index (χ1n) is 7.46. The second-order valence-electron chi connectivity index (χ2n) is 5.54. The molecular formula is C14H25ClN4S. The van der Waals surface area contributed by atoms with Crippen LogP contribution in [0.2, 0.25) is 0 Å². The Morgan fingerprint density at radius 3 is 2.85 bits per heavy atom. The maximum absolute atomic E-state index is 4.46. The van der Waals surface area contributed by atoms with Gasteiger partial charge >= 0.3 is 0 Å². The summed E-state index contributed by atoms with van der Waals surface area (Å²) in [4.78, 5) is 11.2. The maximum Gasteiger partial charge on any atom is 0.0925 e. The summed E-state index contributed by atoms with van der Waals surface area (Å²) in [6.45, 7) is 10.5. The number of aryl methyl sites for hydroxylation is 1. The molecule has 2 saturated heterocycles. The zero-order valence-corrected chi connectivity index (χ0v) is 13.8.